The van der Waals surface area contributed by atoms with Crippen molar-refractivity contribution in [3.05, 3.63) is 35.6 Å². The third-order valence-corrected chi connectivity index (χ3v) is 5.29. The largest absolute Gasteiger partial charge is 0.450 e. The van der Waals surface area contributed by atoms with Crippen LogP contribution in [0.3, 0.4) is 0 Å². The molecule has 6 heteroatoms. The molecule has 2 saturated heterocycles. The first-order valence-corrected chi connectivity index (χ1v) is 9.12. The molecule has 0 bridgehead atoms. The second-order valence-corrected chi connectivity index (χ2v) is 6.93. The zero-order valence-electron chi connectivity index (χ0n) is 14.8. The van der Waals surface area contributed by atoms with Crippen LogP contribution < -0.4 is 5.32 Å². The third-order valence-electron chi connectivity index (χ3n) is 5.29. The topological polar surface area (TPSA) is 50.8 Å². The number of nitrogens with one attached hydrogen (secondary N) is 1. The molecule has 1 aromatic rings. The molecular weight excluding hydrogens is 323 g/mol. The molecule has 3 rings (SSSR count). The van der Waals surface area contributed by atoms with Crippen molar-refractivity contribution in [2.75, 3.05) is 39.5 Å². The molecule has 2 fully saturated rings. The smallest absolute Gasteiger partial charge is 0.409 e. The van der Waals surface area contributed by atoms with Crippen LogP contribution >= 0.6 is 0 Å². The zero-order valence-corrected chi connectivity index (χ0v) is 14.8. The first-order valence-electron chi connectivity index (χ1n) is 9.12. The molecular formula is C19H27FN2O3. The summed E-state index contributed by atoms with van der Waals surface area (Å²) < 4.78 is 24.4. The predicted octanol–water partition coefficient (Wildman–Crippen LogP) is 2.69. The van der Waals surface area contributed by atoms with E-state index in [4.69, 9.17) is 9.47 Å². The Morgan fingerprint density at radius 2 is 2.24 bits per heavy atom. The van der Waals surface area contributed by atoms with Gasteiger partial charge in [-0.1, -0.05) is 12.1 Å². The molecule has 1 unspecified atom stereocenters. The van der Waals surface area contributed by atoms with E-state index in [0.717, 1.165) is 31.4 Å². The van der Waals surface area contributed by atoms with Crippen molar-refractivity contribution in [1.82, 2.24) is 10.2 Å². The Hall–Kier alpha value is -1.66. The summed E-state index contributed by atoms with van der Waals surface area (Å²) in [6.45, 7) is 5.74. The molecule has 1 amide bonds. The number of piperidine rings is 1. The Labute approximate surface area is 148 Å². The number of likely N-dealkylation sites (tertiary alicyclic amines) is 1. The van der Waals surface area contributed by atoms with Gasteiger partial charge in [0.15, 0.2) is 0 Å². The number of rotatable bonds is 5. The highest BCUT2D eigenvalue weighted by Crippen LogP contribution is 2.33. The van der Waals surface area contributed by atoms with Gasteiger partial charge < -0.3 is 19.7 Å². The third kappa shape index (κ3) is 4.30. The first kappa shape index (κ1) is 18.1. The predicted molar refractivity (Wildman–Crippen MR) is 93.1 cm³/mol. The summed E-state index contributed by atoms with van der Waals surface area (Å²) in [6.07, 6.45) is 2.48. The van der Waals surface area contributed by atoms with Gasteiger partial charge in [-0.05, 0) is 43.9 Å². The van der Waals surface area contributed by atoms with Crippen molar-refractivity contribution < 1.29 is 18.7 Å². The van der Waals surface area contributed by atoms with Crippen LogP contribution in [0, 0.1) is 5.82 Å². The molecule has 138 valence electrons. The van der Waals surface area contributed by atoms with Gasteiger partial charge in [0.05, 0.1) is 13.2 Å². The number of benzene rings is 1. The van der Waals surface area contributed by atoms with Crippen LogP contribution in [-0.4, -0.2) is 56.5 Å². The van der Waals surface area contributed by atoms with Crippen LogP contribution in [0.1, 0.15) is 31.7 Å². The van der Waals surface area contributed by atoms with Crippen molar-refractivity contribution >= 4 is 6.09 Å². The molecule has 0 spiro atoms. The van der Waals surface area contributed by atoms with Crippen molar-refractivity contribution in [3.63, 3.8) is 0 Å². The maximum atomic E-state index is 13.7. The van der Waals surface area contributed by atoms with Crippen LogP contribution in [0.4, 0.5) is 9.18 Å². The number of nitrogens with zero attached hydrogens (tertiary/aromatic N) is 1. The molecule has 0 saturated carbocycles. The van der Waals surface area contributed by atoms with Gasteiger partial charge in [0.25, 0.3) is 0 Å². The van der Waals surface area contributed by atoms with Gasteiger partial charge in [-0.2, -0.15) is 0 Å². The molecule has 0 aliphatic carbocycles. The van der Waals surface area contributed by atoms with Crippen LogP contribution in [0.25, 0.3) is 0 Å². The molecule has 1 N–H and O–H groups in total. The summed E-state index contributed by atoms with van der Waals surface area (Å²) >= 11 is 0. The zero-order chi connectivity index (χ0) is 17.7. The van der Waals surface area contributed by atoms with E-state index in [-0.39, 0.29) is 17.3 Å². The second kappa shape index (κ2) is 8.15. The second-order valence-electron chi connectivity index (χ2n) is 6.93. The van der Waals surface area contributed by atoms with Gasteiger partial charge in [-0.3, -0.25) is 0 Å². The lowest BCUT2D eigenvalue weighted by Crippen LogP contribution is -2.49. The van der Waals surface area contributed by atoms with Crippen LogP contribution in [-0.2, 0) is 14.9 Å². The number of amides is 1. The average Bonchev–Trinajstić information content (AvgIpc) is 3.11. The Bertz CT molecular complexity index is 582. The van der Waals surface area contributed by atoms with E-state index >= 15 is 0 Å². The van der Waals surface area contributed by atoms with Crippen molar-refractivity contribution in [2.45, 2.75) is 37.6 Å². The summed E-state index contributed by atoms with van der Waals surface area (Å²) in [5.74, 6) is -0.202. The van der Waals surface area contributed by atoms with E-state index in [2.05, 4.69) is 5.32 Å². The molecule has 0 aromatic heterocycles. The number of hydrogen-bond donors (Lipinski definition) is 1. The molecule has 1 aromatic carbocycles. The molecule has 2 heterocycles. The normalized spacial score (nSPS) is 24.5. The summed E-state index contributed by atoms with van der Waals surface area (Å²) in [4.78, 5) is 13.5. The number of hydrogen-bond acceptors (Lipinski definition) is 4. The lowest BCUT2D eigenvalue weighted by Gasteiger charge is -2.35. The fraction of sp³-hybridized carbons (Fsp3) is 0.632. The Kier molecular flexibility index (Phi) is 5.91. The van der Waals surface area contributed by atoms with Gasteiger partial charge in [-0.15, -0.1) is 0 Å². The van der Waals surface area contributed by atoms with Gasteiger partial charge in [0.1, 0.15) is 5.82 Å². The van der Waals surface area contributed by atoms with Gasteiger partial charge in [-0.25, -0.2) is 9.18 Å². The number of carbonyl (C=O) groups is 1. The standard InChI is InChI=1S/C19H27FN2O3/c1-2-25-18(23)22-9-6-17(7-10-22)21-13-19(8-11-24-14-19)15-4-3-5-16(20)12-15/h3-5,12,17,21H,2,6-11,13-14H2,1H3. The molecule has 0 radical (unpaired) electrons. The number of halogens is 1. The van der Waals surface area contributed by atoms with Gasteiger partial charge >= 0.3 is 6.09 Å². The van der Waals surface area contributed by atoms with Gasteiger partial charge in [0, 0.05) is 37.7 Å². The highest BCUT2D eigenvalue weighted by molar-refractivity contribution is 5.67. The SMILES string of the molecule is CCOC(=O)N1CCC(NCC2(c3cccc(F)c3)CCOC2)CC1. The maximum Gasteiger partial charge on any atom is 0.409 e. The van der Waals surface area contributed by atoms with E-state index in [1.165, 1.54) is 6.07 Å². The van der Waals surface area contributed by atoms with E-state index in [1.807, 2.05) is 13.0 Å². The summed E-state index contributed by atoms with van der Waals surface area (Å²) in [7, 11) is 0. The van der Waals surface area contributed by atoms with E-state index in [0.29, 0.717) is 39.0 Å². The monoisotopic (exact) mass is 350 g/mol. The maximum absolute atomic E-state index is 13.7. The minimum absolute atomic E-state index is 0.166. The fourth-order valence-corrected chi connectivity index (χ4v) is 3.72. The minimum atomic E-state index is -0.221. The van der Waals surface area contributed by atoms with Crippen LogP contribution in [0.15, 0.2) is 24.3 Å². The highest BCUT2D eigenvalue weighted by Gasteiger charge is 2.37. The summed E-state index contributed by atoms with van der Waals surface area (Å²) in [5.41, 5.74) is 0.835. The first-order chi connectivity index (χ1) is 12.1. The Morgan fingerprint density at radius 1 is 1.44 bits per heavy atom. The number of carbonyl (C=O) groups excluding carboxylic acids is 1. The molecule has 25 heavy (non-hydrogen) atoms. The van der Waals surface area contributed by atoms with Crippen molar-refractivity contribution in [2.24, 2.45) is 0 Å². The Morgan fingerprint density at radius 3 is 2.88 bits per heavy atom. The average molecular weight is 350 g/mol. The van der Waals surface area contributed by atoms with Crippen molar-refractivity contribution in [1.29, 1.82) is 0 Å². The minimum Gasteiger partial charge on any atom is -0.450 e. The lowest BCUT2D eigenvalue weighted by molar-refractivity contribution is 0.0943. The van der Waals surface area contributed by atoms with E-state index in [1.54, 1.807) is 17.0 Å². The number of ether oxygens (including phenoxy) is 2. The fourth-order valence-electron chi connectivity index (χ4n) is 3.72. The van der Waals surface area contributed by atoms with Crippen LogP contribution in [0.5, 0.6) is 0 Å². The molecule has 2 aliphatic rings. The highest BCUT2D eigenvalue weighted by atomic mass is 19.1. The molecule has 5 nitrogen and oxygen atoms in total. The Balaban J connectivity index is 1.56. The van der Waals surface area contributed by atoms with Gasteiger partial charge in [0.2, 0.25) is 0 Å². The van der Waals surface area contributed by atoms with Crippen LogP contribution in [0.2, 0.25) is 0 Å². The summed E-state index contributed by atoms with van der Waals surface area (Å²) in [6, 6.07) is 7.22. The van der Waals surface area contributed by atoms with E-state index in [9.17, 15) is 9.18 Å². The lowest BCUT2D eigenvalue weighted by atomic mass is 9.79. The molecule has 1 atom stereocenters. The van der Waals surface area contributed by atoms with E-state index < -0.39 is 0 Å². The summed E-state index contributed by atoms with van der Waals surface area (Å²) in [5, 5.41) is 3.63. The quantitative estimate of drug-likeness (QED) is 0.887. The van der Waals surface area contributed by atoms with Crippen molar-refractivity contribution in [3.8, 4) is 0 Å². The molecule has 2 aliphatic heterocycles.